The minimum atomic E-state index is -0.806. The van der Waals surface area contributed by atoms with Gasteiger partial charge in [0.05, 0.1) is 25.2 Å². The van der Waals surface area contributed by atoms with E-state index in [-0.39, 0.29) is 24.9 Å². The highest BCUT2D eigenvalue weighted by molar-refractivity contribution is 5.77. The zero-order valence-corrected chi connectivity index (χ0v) is 46.4. The molecule has 6 nitrogen and oxygen atoms in total. The largest absolute Gasteiger partial charge is 0.462 e. The lowest BCUT2D eigenvalue weighted by atomic mass is 10.0. The van der Waals surface area contributed by atoms with Crippen LogP contribution in [0.2, 0.25) is 0 Å². The van der Waals surface area contributed by atoms with Gasteiger partial charge < -0.3 is 20.3 Å². The van der Waals surface area contributed by atoms with Crippen molar-refractivity contribution < 1.29 is 24.5 Å². The summed E-state index contributed by atoms with van der Waals surface area (Å²) in [5.74, 6) is -0.525. The monoisotopic (exact) mass is 978 g/mol. The summed E-state index contributed by atoms with van der Waals surface area (Å²) in [4.78, 5) is 26.3. The predicted octanol–water partition coefficient (Wildman–Crippen LogP) is 18.9. The first kappa shape index (κ1) is 67.3. The van der Waals surface area contributed by atoms with E-state index >= 15 is 0 Å². The van der Waals surface area contributed by atoms with Gasteiger partial charge in [0.1, 0.15) is 6.10 Å². The Morgan fingerprint density at radius 1 is 0.429 bits per heavy atom. The van der Waals surface area contributed by atoms with Crippen molar-refractivity contribution in [2.24, 2.45) is 0 Å². The first-order valence-electron chi connectivity index (χ1n) is 30.2. The summed E-state index contributed by atoms with van der Waals surface area (Å²) in [5.41, 5.74) is 0. The van der Waals surface area contributed by atoms with E-state index < -0.39 is 18.2 Å². The Bertz CT molecular complexity index is 1280. The number of ether oxygens (including phenoxy) is 1. The SMILES string of the molecule is CC/C=C\C/C=C\C/C=C\C/C=C\C/C=C\CCCC(CC(=O)NC(CO)C(O)CCCCCCCCCCCCCCCCC)OC(=O)CCCCCCCCCCC/C=C/CCCCCCCC. The summed E-state index contributed by atoms with van der Waals surface area (Å²) in [6, 6.07) is -0.724. The van der Waals surface area contributed by atoms with Crippen LogP contribution in [0.3, 0.4) is 0 Å². The van der Waals surface area contributed by atoms with Gasteiger partial charge in [-0.1, -0.05) is 267 Å². The van der Waals surface area contributed by atoms with Crippen molar-refractivity contribution >= 4 is 11.9 Å². The van der Waals surface area contributed by atoms with E-state index in [1.807, 2.05) is 0 Å². The lowest BCUT2D eigenvalue weighted by molar-refractivity contribution is -0.151. The number of carbonyl (C=O) groups excluding carboxylic acids is 2. The smallest absolute Gasteiger partial charge is 0.306 e. The van der Waals surface area contributed by atoms with Crippen molar-refractivity contribution in [3.63, 3.8) is 0 Å². The number of rotatable bonds is 54. The second kappa shape index (κ2) is 57.2. The zero-order valence-electron chi connectivity index (χ0n) is 46.4. The van der Waals surface area contributed by atoms with E-state index in [2.05, 4.69) is 99.0 Å². The predicted molar refractivity (Wildman–Crippen MR) is 305 cm³/mol. The van der Waals surface area contributed by atoms with E-state index in [0.29, 0.717) is 19.3 Å². The van der Waals surface area contributed by atoms with E-state index in [4.69, 9.17) is 4.74 Å². The third-order valence-corrected chi connectivity index (χ3v) is 13.5. The molecule has 0 radical (unpaired) electrons. The molecule has 0 rings (SSSR count). The Hall–Kier alpha value is -2.70. The number of unbranched alkanes of at least 4 members (excludes halogenated alkanes) is 30. The summed E-state index contributed by atoms with van der Waals surface area (Å²) < 4.78 is 5.94. The standard InChI is InChI=1S/C64H115NO5/c1-4-7-10-13-16-19-22-25-28-30-31-33-36-39-42-45-48-51-54-57-64(69)70-60(55-52-49-46-43-40-37-35-32-29-26-23-20-17-14-11-8-5-2)58-63(68)65-61(59-66)62(67)56-53-50-47-44-41-38-34-27-24-21-18-15-12-9-6-3/h8,11,17,20,25-26,28-29,35,37,43,46,60-62,66-67H,4-7,9-10,12-16,18-19,21-24,27,30-34,36,38-42,44-45,47-59H2,1-3H3,(H,65,68)/b11-8-,20-17-,28-25+,29-26-,37-35-,46-43-. The highest BCUT2D eigenvalue weighted by Crippen LogP contribution is 2.18. The van der Waals surface area contributed by atoms with Crippen molar-refractivity contribution in [3.8, 4) is 0 Å². The van der Waals surface area contributed by atoms with Gasteiger partial charge in [0.2, 0.25) is 5.91 Å². The van der Waals surface area contributed by atoms with Crippen LogP contribution in [0.1, 0.15) is 297 Å². The molecule has 0 saturated heterocycles. The van der Waals surface area contributed by atoms with Crippen LogP contribution >= 0.6 is 0 Å². The number of nitrogens with one attached hydrogen (secondary N) is 1. The molecule has 0 aliphatic heterocycles. The third-order valence-electron chi connectivity index (χ3n) is 13.5. The number of allylic oxidation sites excluding steroid dienone is 12. The first-order chi connectivity index (χ1) is 34.5. The summed E-state index contributed by atoms with van der Waals surface area (Å²) in [7, 11) is 0. The van der Waals surface area contributed by atoms with Gasteiger partial charge in [-0.2, -0.15) is 0 Å². The van der Waals surface area contributed by atoms with Gasteiger partial charge in [0.15, 0.2) is 0 Å². The van der Waals surface area contributed by atoms with Crippen LogP contribution in [0.25, 0.3) is 0 Å². The Morgan fingerprint density at radius 3 is 1.21 bits per heavy atom. The number of hydrogen-bond donors (Lipinski definition) is 3. The average molecular weight is 979 g/mol. The molecule has 0 fully saturated rings. The summed E-state index contributed by atoms with van der Waals surface area (Å²) in [5, 5.41) is 23.9. The second-order valence-corrected chi connectivity index (χ2v) is 20.4. The summed E-state index contributed by atoms with van der Waals surface area (Å²) >= 11 is 0. The highest BCUT2D eigenvalue weighted by atomic mass is 16.5. The van der Waals surface area contributed by atoms with Gasteiger partial charge in [-0.05, 0) is 89.9 Å². The molecule has 0 aromatic carbocycles. The third kappa shape index (κ3) is 51.6. The first-order valence-corrected chi connectivity index (χ1v) is 30.2. The van der Waals surface area contributed by atoms with Crippen LogP contribution in [0.15, 0.2) is 72.9 Å². The van der Waals surface area contributed by atoms with Crippen LogP contribution in [-0.4, -0.2) is 46.9 Å². The molecule has 3 N–H and O–H groups in total. The van der Waals surface area contributed by atoms with Crippen molar-refractivity contribution in [2.45, 2.75) is 315 Å². The molecule has 0 aliphatic rings. The molecule has 0 aliphatic carbocycles. The van der Waals surface area contributed by atoms with Gasteiger partial charge in [-0.15, -0.1) is 0 Å². The number of esters is 1. The van der Waals surface area contributed by atoms with Gasteiger partial charge >= 0.3 is 5.97 Å². The zero-order chi connectivity index (χ0) is 50.9. The molecule has 3 atom stereocenters. The summed E-state index contributed by atoms with van der Waals surface area (Å²) in [6.45, 7) is 6.38. The normalized spacial score (nSPS) is 13.6. The van der Waals surface area contributed by atoms with Gasteiger partial charge in [0, 0.05) is 6.42 Å². The van der Waals surface area contributed by atoms with E-state index in [1.54, 1.807) is 0 Å². The summed E-state index contributed by atoms with van der Waals surface area (Å²) in [6.07, 6.45) is 74.0. The number of carbonyl (C=O) groups is 2. The maximum absolute atomic E-state index is 13.3. The molecule has 0 spiro atoms. The molecule has 70 heavy (non-hydrogen) atoms. The fourth-order valence-corrected chi connectivity index (χ4v) is 8.99. The molecular weight excluding hydrogens is 863 g/mol. The van der Waals surface area contributed by atoms with Crippen molar-refractivity contribution in [1.29, 1.82) is 0 Å². The van der Waals surface area contributed by atoms with Crippen molar-refractivity contribution in [2.75, 3.05) is 6.61 Å². The topological polar surface area (TPSA) is 95.9 Å². The van der Waals surface area contributed by atoms with Crippen molar-refractivity contribution in [1.82, 2.24) is 5.32 Å². The number of hydrogen-bond acceptors (Lipinski definition) is 5. The molecule has 406 valence electrons. The second-order valence-electron chi connectivity index (χ2n) is 20.4. The van der Waals surface area contributed by atoms with Crippen LogP contribution in [-0.2, 0) is 14.3 Å². The molecular formula is C64H115NO5. The minimum Gasteiger partial charge on any atom is -0.462 e. The Labute approximate surface area is 434 Å². The van der Waals surface area contributed by atoms with Crippen LogP contribution < -0.4 is 5.32 Å². The molecule has 0 bridgehead atoms. The van der Waals surface area contributed by atoms with Gasteiger partial charge in [-0.25, -0.2) is 0 Å². The Kier molecular flexibility index (Phi) is 55.0. The highest BCUT2D eigenvalue weighted by Gasteiger charge is 2.24. The molecule has 0 saturated carbocycles. The van der Waals surface area contributed by atoms with Gasteiger partial charge in [0.25, 0.3) is 0 Å². The Balaban J connectivity index is 4.63. The lowest BCUT2D eigenvalue weighted by Gasteiger charge is -2.24. The fourth-order valence-electron chi connectivity index (χ4n) is 8.99. The van der Waals surface area contributed by atoms with Crippen LogP contribution in [0.4, 0.5) is 0 Å². The average Bonchev–Trinajstić information content (AvgIpc) is 3.35. The van der Waals surface area contributed by atoms with E-state index in [9.17, 15) is 19.8 Å². The lowest BCUT2D eigenvalue weighted by Crippen LogP contribution is -2.46. The number of amides is 1. The van der Waals surface area contributed by atoms with E-state index in [1.165, 1.54) is 167 Å². The van der Waals surface area contributed by atoms with Gasteiger partial charge in [-0.3, -0.25) is 9.59 Å². The molecule has 6 heteroatoms. The molecule has 0 aromatic heterocycles. The molecule has 0 heterocycles. The Morgan fingerprint density at radius 2 is 0.786 bits per heavy atom. The molecule has 0 aromatic rings. The maximum Gasteiger partial charge on any atom is 0.306 e. The van der Waals surface area contributed by atoms with Crippen LogP contribution in [0.5, 0.6) is 0 Å². The van der Waals surface area contributed by atoms with Crippen LogP contribution in [0, 0.1) is 0 Å². The van der Waals surface area contributed by atoms with E-state index in [0.717, 1.165) is 83.5 Å². The van der Waals surface area contributed by atoms with Crippen molar-refractivity contribution in [3.05, 3.63) is 72.9 Å². The minimum absolute atomic E-state index is 0.0368. The number of aliphatic hydroxyl groups excluding tert-OH is 2. The quantitative estimate of drug-likeness (QED) is 0.0321. The fraction of sp³-hybridized carbons (Fsp3) is 0.781. The maximum atomic E-state index is 13.3. The number of aliphatic hydroxyl groups is 2. The molecule has 3 unspecified atom stereocenters. The molecule has 1 amide bonds.